The topological polar surface area (TPSA) is 93.1 Å². The van der Waals surface area contributed by atoms with E-state index in [1.54, 1.807) is 7.05 Å². The largest absolute Gasteiger partial charge is 0.339 e. The summed E-state index contributed by atoms with van der Waals surface area (Å²) in [4.78, 5) is 15.3. The molecule has 0 bridgehead atoms. The van der Waals surface area contributed by atoms with Gasteiger partial charge in [0.05, 0.1) is 18.6 Å². The number of benzene rings is 1. The first kappa shape index (κ1) is 16.4. The lowest BCUT2D eigenvalue weighted by Gasteiger charge is -2.07. The number of imidazole rings is 1. The van der Waals surface area contributed by atoms with Crippen molar-refractivity contribution in [1.82, 2.24) is 14.3 Å². The molecular weight excluding hydrogens is 335 g/mol. The number of nitrogens with zero attached hydrogens (tertiary/aromatic N) is 2. The van der Waals surface area contributed by atoms with Crippen molar-refractivity contribution in [2.24, 2.45) is 7.05 Å². The maximum absolute atomic E-state index is 13.5. The molecule has 1 aromatic heterocycles. The molecule has 1 heterocycles. The van der Waals surface area contributed by atoms with Gasteiger partial charge in [0.2, 0.25) is 5.91 Å². The Bertz CT molecular complexity index is 806. The van der Waals surface area contributed by atoms with Crippen molar-refractivity contribution < 1.29 is 17.6 Å². The van der Waals surface area contributed by atoms with E-state index in [9.17, 15) is 17.6 Å². The zero-order valence-corrected chi connectivity index (χ0v) is 12.9. The van der Waals surface area contributed by atoms with Crippen LogP contribution in [0.25, 0.3) is 0 Å². The van der Waals surface area contributed by atoms with Crippen LogP contribution in [0.4, 0.5) is 10.1 Å². The Morgan fingerprint density at radius 2 is 2.18 bits per heavy atom. The van der Waals surface area contributed by atoms with Gasteiger partial charge < -0.3 is 9.88 Å². The number of hydrogen-bond donors (Lipinski definition) is 2. The predicted octanol–water partition coefficient (Wildman–Crippen LogP) is 1.13. The van der Waals surface area contributed by atoms with Crippen molar-refractivity contribution in [2.45, 2.75) is 5.03 Å². The number of aryl methyl sites for hydroxylation is 1. The summed E-state index contributed by atoms with van der Waals surface area (Å²) < 4.78 is 40.7. The number of carbonyl (C=O) groups is 1. The highest BCUT2D eigenvalue weighted by molar-refractivity contribution is 7.89. The molecule has 0 aliphatic heterocycles. The quantitative estimate of drug-likeness (QED) is 0.848. The molecule has 1 amide bonds. The fraction of sp³-hybridized carbons (Fsp3) is 0.167. The van der Waals surface area contributed by atoms with Crippen molar-refractivity contribution in [3.05, 3.63) is 41.6 Å². The van der Waals surface area contributed by atoms with Gasteiger partial charge in [0.25, 0.3) is 10.0 Å². The van der Waals surface area contributed by atoms with Gasteiger partial charge in [0.15, 0.2) is 5.03 Å². The van der Waals surface area contributed by atoms with Crippen LogP contribution < -0.4 is 10.0 Å². The number of amides is 1. The molecule has 0 aliphatic carbocycles. The number of nitrogens with one attached hydrogen (secondary N) is 2. The molecule has 118 valence electrons. The third kappa shape index (κ3) is 4.03. The van der Waals surface area contributed by atoms with E-state index in [0.717, 1.165) is 6.07 Å². The Hall–Kier alpha value is -1.97. The second-order valence-corrected chi connectivity index (χ2v) is 6.52. The Kier molecular flexibility index (Phi) is 4.79. The van der Waals surface area contributed by atoms with Crippen LogP contribution in [0.1, 0.15) is 0 Å². The molecule has 0 unspecified atom stereocenters. The molecule has 22 heavy (non-hydrogen) atoms. The monoisotopic (exact) mass is 346 g/mol. The first-order valence-electron chi connectivity index (χ1n) is 6.00. The average Bonchev–Trinajstić information content (AvgIpc) is 2.87. The molecular formula is C12H12ClFN4O3S. The van der Waals surface area contributed by atoms with Crippen LogP contribution in [0, 0.1) is 5.82 Å². The van der Waals surface area contributed by atoms with E-state index in [1.807, 2.05) is 0 Å². The number of carbonyl (C=O) groups excluding carboxylic acids is 1. The second kappa shape index (κ2) is 6.42. The Labute approximate surface area is 131 Å². The summed E-state index contributed by atoms with van der Waals surface area (Å²) in [5.74, 6) is -1.44. The first-order valence-corrected chi connectivity index (χ1v) is 7.86. The van der Waals surface area contributed by atoms with Gasteiger partial charge in [-0.3, -0.25) is 4.79 Å². The molecule has 1 aromatic carbocycles. The number of anilines is 1. The molecule has 0 saturated carbocycles. The summed E-state index contributed by atoms with van der Waals surface area (Å²) in [6.07, 6.45) is 2.61. The third-order valence-electron chi connectivity index (χ3n) is 2.58. The molecule has 2 rings (SSSR count). The summed E-state index contributed by atoms with van der Waals surface area (Å²) in [7, 11) is -2.29. The van der Waals surface area contributed by atoms with Gasteiger partial charge in [-0.1, -0.05) is 11.6 Å². The van der Waals surface area contributed by atoms with E-state index in [2.05, 4.69) is 15.0 Å². The highest BCUT2D eigenvalue weighted by Crippen LogP contribution is 2.18. The third-order valence-corrected chi connectivity index (χ3v) is 4.11. The van der Waals surface area contributed by atoms with Crippen LogP contribution in [0.3, 0.4) is 0 Å². The molecule has 2 N–H and O–H groups in total. The summed E-state index contributed by atoms with van der Waals surface area (Å²) in [6, 6.07) is 3.72. The lowest BCUT2D eigenvalue weighted by Crippen LogP contribution is -2.33. The lowest BCUT2D eigenvalue weighted by atomic mass is 10.3. The zero-order valence-electron chi connectivity index (χ0n) is 11.4. The van der Waals surface area contributed by atoms with Crippen molar-refractivity contribution in [3.63, 3.8) is 0 Å². The zero-order chi connectivity index (χ0) is 16.3. The SMILES string of the molecule is Cn1cnc(S(=O)(=O)NCC(=O)Nc2ccc(Cl)cc2F)c1. The van der Waals surface area contributed by atoms with Gasteiger partial charge in [0, 0.05) is 18.3 Å². The van der Waals surface area contributed by atoms with E-state index in [0.29, 0.717) is 0 Å². The van der Waals surface area contributed by atoms with Gasteiger partial charge in [-0.25, -0.2) is 22.5 Å². The van der Waals surface area contributed by atoms with E-state index < -0.39 is 28.3 Å². The minimum Gasteiger partial charge on any atom is -0.339 e. The van der Waals surface area contributed by atoms with E-state index in [1.165, 1.54) is 29.2 Å². The Morgan fingerprint density at radius 1 is 1.45 bits per heavy atom. The van der Waals surface area contributed by atoms with E-state index in [4.69, 9.17) is 11.6 Å². The summed E-state index contributed by atoms with van der Waals surface area (Å²) >= 11 is 5.59. The van der Waals surface area contributed by atoms with Gasteiger partial charge in [-0.15, -0.1) is 0 Å². The highest BCUT2D eigenvalue weighted by Gasteiger charge is 2.18. The van der Waals surface area contributed by atoms with Gasteiger partial charge >= 0.3 is 0 Å². The first-order chi connectivity index (χ1) is 10.3. The molecule has 0 aliphatic rings. The van der Waals surface area contributed by atoms with Crippen LogP contribution >= 0.6 is 11.6 Å². The molecule has 7 nitrogen and oxygen atoms in total. The molecule has 0 saturated heterocycles. The predicted molar refractivity (Wildman–Crippen MR) is 78.4 cm³/mol. The number of hydrogen-bond acceptors (Lipinski definition) is 4. The Morgan fingerprint density at radius 3 is 2.77 bits per heavy atom. The van der Waals surface area contributed by atoms with E-state index in [-0.39, 0.29) is 15.7 Å². The normalized spacial score (nSPS) is 11.4. The fourth-order valence-corrected chi connectivity index (χ4v) is 2.67. The molecule has 2 aromatic rings. The van der Waals surface area contributed by atoms with Crippen molar-refractivity contribution in [3.8, 4) is 0 Å². The van der Waals surface area contributed by atoms with Crippen LogP contribution in [0.2, 0.25) is 5.02 Å². The molecule has 0 fully saturated rings. The van der Waals surface area contributed by atoms with Crippen LogP contribution in [0.5, 0.6) is 0 Å². The number of sulfonamides is 1. The maximum atomic E-state index is 13.5. The molecule has 0 radical (unpaired) electrons. The number of rotatable bonds is 5. The standard InChI is InChI=1S/C12H12ClFN4O3S/c1-18-6-12(15-7-18)22(20,21)16-5-11(19)17-10-3-2-8(13)4-9(10)14/h2-4,6-7,16H,5H2,1H3,(H,17,19). The van der Waals surface area contributed by atoms with Crippen LogP contribution in [-0.2, 0) is 21.9 Å². The smallest absolute Gasteiger partial charge is 0.260 e. The van der Waals surface area contributed by atoms with Crippen molar-refractivity contribution in [2.75, 3.05) is 11.9 Å². The van der Waals surface area contributed by atoms with Gasteiger partial charge in [-0.2, -0.15) is 0 Å². The van der Waals surface area contributed by atoms with Crippen LogP contribution in [-0.4, -0.2) is 30.4 Å². The lowest BCUT2D eigenvalue weighted by molar-refractivity contribution is -0.115. The maximum Gasteiger partial charge on any atom is 0.260 e. The highest BCUT2D eigenvalue weighted by atomic mass is 35.5. The van der Waals surface area contributed by atoms with E-state index >= 15 is 0 Å². The molecule has 0 atom stereocenters. The minimum absolute atomic E-state index is 0.0913. The van der Waals surface area contributed by atoms with Gasteiger partial charge in [-0.05, 0) is 18.2 Å². The molecule has 0 spiro atoms. The minimum atomic E-state index is -3.90. The van der Waals surface area contributed by atoms with Crippen molar-refractivity contribution >= 4 is 33.2 Å². The van der Waals surface area contributed by atoms with Crippen LogP contribution in [0.15, 0.2) is 35.7 Å². The fourth-order valence-electron chi connectivity index (χ4n) is 1.55. The number of aromatic nitrogens is 2. The summed E-state index contributed by atoms with van der Waals surface area (Å²) in [5.41, 5.74) is -0.0913. The average molecular weight is 347 g/mol. The number of halogens is 2. The van der Waals surface area contributed by atoms with Gasteiger partial charge in [0.1, 0.15) is 5.82 Å². The molecule has 10 heteroatoms. The summed E-state index contributed by atoms with van der Waals surface area (Å²) in [5, 5.41) is 2.22. The van der Waals surface area contributed by atoms with Crippen molar-refractivity contribution in [1.29, 1.82) is 0 Å². The summed E-state index contributed by atoms with van der Waals surface area (Å²) in [6.45, 7) is -0.555. The Balaban J connectivity index is 1.98. The second-order valence-electron chi connectivity index (χ2n) is 4.37.